The number of amides is 1. The Labute approximate surface area is 107 Å². The fraction of sp³-hybridized carbons (Fsp3) is 0.917. The van der Waals surface area contributed by atoms with Gasteiger partial charge in [0.05, 0.1) is 12.5 Å². The van der Waals surface area contributed by atoms with Crippen molar-refractivity contribution in [3.63, 3.8) is 0 Å². The average molecular weight is 268 g/mol. The van der Waals surface area contributed by atoms with Crippen molar-refractivity contribution in [3.8, 4) is 0 Å². The van der Waals surface area contributed by atoms with Crippen LogP contribution < -0.4 is 10.6 Å². The first-order valence-electron chi connectivity index (χ1n) is 6.32. The van der Waals surface area contributed by atoms with Gasteiger partial charge in [-0.25, -0.2) is 0 Å². The van der Waals surface area contributed by atoms with Crippen molar-refractivity contribution in [3.05, 3.63) is 0 Å². The van der Waals surface area contributed by atoms with E-state index in [1.807, 2.05) is 13.8 Å². The van der Waals surface area contributed by atoms with Crippen LogP contribution in [0.5, 0.6) is 0 Å². The predicted octanol–water partition coefficient (Wildman–Crippen LogP) is 2.61. The van der Waals surface area contributed by atoms with E-state index in [9.17, 15) is 18.0 Å². The molecular formula is C12H23F3N2O. The maximum atomic E-state index is 12.1. The molecule has 0 spiro atoms. The van der Waals surface area contributed by atoms with Gasteiger partial charge in [0.15, 0.2) is 0 Å². The number of nitrogens with one attached hydrogen (secondary N) is 2. The number of halogens is 3. The van der Waals surface area contributed by atoms with Crippen LogP contribution >= 0.6 is 0 Å². The van der Waals surface area contributed by atoms with Gasteiger partial charge >= 0.3 is 6.18 Å². The fourth-order valence-electron chi connectivity index (χ4n) is 1.73. The molecule has 2 unspecified atom stereocenters. The third kappa shape index (κ3) is 7.53. The molecule has 0 bridgehead atoms. The molecule has 0 heterocycles. The van der Waals surface area contributed by atoms with Gasteiger partial charge in [0, 0.05) is 12.1 Å². The summed E-state index contributed by atoms with van der Waals surface area (Å²) in [7, 11) is 0. The number of alkyl halides is 3. The van der Waals surface area contributed by atoms with E-state index in [1.165, 1.54) is 6.92 Å². The summed E-state index contributed by atoms with van der Waals surface area (Å²) < 4.78 is 36.4. The smallest absolute Gasteiger partial charge is 0.352 e. The second-order valence-corrected chi connectivity index (χ2v) is 4.63. The summed E-state index contributed by atoms with van der Waals surface area (Å²) in [5.74, 6) is -0.252. The molecule has 0 saturated heterocycles. The maximum absolute atomic E-state index is 12.1. The Bertz CT molecular complexity index is 252. The summed E-state index contributed by atoms with van der Waals surface area (Å²) in [5, 5.41) is 5.46. The number of rotatable bonds is 7. The molecule has 0 aromatic rings. The summed E-state index contributed by atoms with van der Waals surface area (Å²) in [6.45, 7) is 6.91. The highest BCUT2D eigenvalue weighted by Crippen LogP contribution is 2.21. The largest absolute Gasteiger partial charge is 0.390 e. The predicted molar refractivity (Wildman–Crippen MR) is 65.2 cm³/mol. The van der Waals surface area contributed by atoms with E-state index in [0.717, 1.165) is 12.8 Å². The standard InChI is InChI=1S/C12H23F3N2O/c1-5-10(6-2)17-11(18)9(4)16-8(3)7-12(13,14)15/h8-10,16H,5-7H2,1-4H3,(H,17,18). The van der Waals surface area contributed by atoms with Gasteiger partial charge in [-0.2, -0.15) is 13.2 Å². The topological polar surface area (TPSA) is 41.1 Å². The third-order valence-electron chi connectivity index (χ3n) is 2.80. The SMILES string of the molecule is CCC(CC)NC(=O)C(C)NC(C)CC(F)(F)F. The van der Waals surface area contributed by atoms with Crippen LogP contribution in [0.2, 0.25) is 0 Å². The molecule has 1 amide bonds. The monoisotopic (exact) mass is 268 g/mol. The summed E-state index contributed by atoms with van der Waals surface area (Å²) >= 11 is 0. The lowest BCUT2D eigenvalue weighted by Crippen LogP contribution is -2.49. The summed E-state index contributed by atoms with van der Waals surface area (Å²) in [6, 6.07) is -1.31. The van der Waals surface area contributed by atoms with Crippen molar-refractivity contribution in [2.24, 2.45) is 0 Å². The second-order valence-electron chi connectivity index (χ2n) is 4.63. The van der Waals surface area contributed by atoms with Crippen molar-refractivity contribution in [2.75, 3.05) is 0 Å². The quantitative estimate of drug-likeness (QED) is 0.745. The minimum atomic E-state index is -4.21. The lowest BCUT2D eigenvalue weighted by Gasteiger charge is -2.23. The van der Waals surface area contributed by atoms with E-state index in [1.54, 1.807) is 6.92 Å². The van der Waals surface area contributed by atoms with Gasteiger partial charge in [0.25, 0.3) is 0 Å². The van der Waals surface area contributed by atoms with Gasteiger partial charge in [-0.1, -0.05) is 13.8 Å². The molecule has 0 rings (SSSR count). The number of carbonyl (C=O) groups is 1. The van der Waals surface area contributed by atoms with Gasteiger partial charge in [-0.05, 0) is 26.7 Å². The van der Waals surface area contributed by atoms with Crippen molar-refractivity contribution in [1.29, 1.82) is 0 Å². The highest BCUT2D eigenvalue weighted by molar-refractivity contribution is 5.81. The van der Waals surface area contributed by atoms with Gasteiger partial charge in [0.1, 0.15) is 0 Å². The van der Waals surface area contributed by atoms with E-state index in [4.69, 9.17) is 0 Å². The zero-order valence-electron chi connectivity index (χ0n) is 11.4. The van der Waals surface area contributed by atoms with E-state index in [-0.39, 0.29) is 11.9 Å². The van der Waals surface area contributed by atoms with Crippen LogP contribution in [0, 0.1) is 0 Å². The highest BCUT2D eigenvalue weighted by Gasteiger charge is 2.31. The van der Waals surface area contributed by atoms with Crippen LogP contribution in [0.3, 0.4) is 0 Å². The Morgan fingerprint density at radius 2 is 1.67 bits per heavy atom. The first-order valence-corrected chi connectivity index (χ1v) is 6.32. The van der Waals surface area contributed by atoms with Crippen molar-refractivity contribution >= 4 is 5.91 Å². The maximum Gasteiger partial charge on any atom is 0.390 e. The molecule has 2 N–H and O–H groups in total. The van der Waals surface area contributed by atoms with Crippen LogP contribution in [0.25, 0.3) is 0 Å². The minimum absolute atomic E-state index is 0.0830. The van der Waals surface area contributed by atoms with Crippen LogP contribution in [-0.4, -0.2) is 30.2 Å². The molecule has 0 aliphatic rings. The number of hydrogen-bond donors (Lipinski definition) is 2. The molecule has 0 radical (unpaired) electrons. The van der Waals surface area contributed by atoms with Crippen LogP contribution in [-0.2, 0) is 4.79 Å². The zero-order valence-corrected chi connectivity index (χ0v) is 11.4. The molecule has 0 aromatic heterocycles. The second kappa shape index (κ2) is 7.61. The van der Waals surface area contributed by atoms with Gasteiger partial charge < -0.3 is 10.6 Å². The molecule has 0 fully saturated rings. The van der Waals surface area contributed by atoms with Gasteiger partial charge in [-0.3, -0.25) is 4.79 Å². The Hall–Kier alpha value is -0.780. The molecule has 18 heavy (non-hydrogen) atoms. The van der Waals surface area contributed by atoms with E-state index in [2.05, 4.69) is 10.6 Å². The fourth-order valence-corrected chi connectivity index (χ4v) is 1.73. The Kier molecular flexibility index (Phi) is 7.28. The summed E-state index contributed by atoms with van der Waals surface area (Å²) in [5.41, 5.74) is 0. The molecule has 0 aliphatic heterocycles. The van der Waals surface area contributed by atoms with E-state index in [0.29, 0.717) is 0 Å². The van der Waals surface area contributed by atoms with Crippen molar-refractivity contribution < 1.29 is 18.0 Å². The average Bonchev–Trinajstić information content (AvgIpc) is 2.22. The van der Waals surface area contributed by atoms with Gasteiger partial charge in [-0.15, -0.1) is 0 Å². The van der Waals surface area contributed by atoms with Crippen LogP contribution in [0.1, 0.15) is 47.0 Å². The van der Waals surface area contributed by atoms with Crippen LogP contribution in [0.4, 0.5) is 13.2 Å². The van der Waals surface area contributed by atoms with Crippen molar-refractivity contribution in [2.45, 2.75) is 71.3 Å². The molecule has 108 valence electrons. The lowest BCUT2D eigenvalue weighted by molar-refractivity contribution is -0.140. The molecule has 0 aromatic carbocycles. The molecular weight excluding hydrogens is 245 g/mol. The number of hydrogen-bond acceptors (Lipinski definition) is 2. The molecule has 0 saturated carbocycles. The summed E-state index contributed by atoms with van der Waals surface area (Å²) in [4.78, 5) is 11.7. The Morgan fingerprint density at radius 3 is 2.06 bits per heavy atom. The Balaban J connectivity index is 4.15. The first-order chi connectivity index (χ1) is 8.19. The molecule has 2 atom stereocenters. The minimum Gasteiger partial charge on any atom is -0.352 e. The van der Waals surface area contributed by atoms with E-state index < -0.39 is 24.7 Å². The summed E-state index contributed by atoms with van der Waals surface area (Å²) in [6.07, 6.45) is -3.52. The Morgan fingerprint density at radius 1 is 1.17 bits per heavy atom. The molecule has 0 aliphatic carbocycles. The number of carbonyl (C=O) groups excluding carboxylic acids is 1. The van der Waals surface area contributed by atoms with Crippen LogP contribution in [0.15, 0.2) is 0 Å². The third-order valence-corrected chi connectivity index (χ3v) is 2.80. The van der Waals surface area contributed by atoms with E-state index >= 15 is 0 Å². The zero-order chi connectivity index (χ0) is 14.3. The molecule has 3 nitrogen and oxygen atoms in total. The van der Waals surface area contributed by atoms with Crippen molar-refractivity contribution in [1.82, 2.24) is 10.6 Å². The first kappa shape index (κ1) is 17.2. The van der Waals surface area contributed by atoms with Gasteiger partial charge in [0.2, 0.25) is 5.91 Å². The molecule has 6 heteroatoms. The highest BCUT2D eigenvalue weighted by atomic mass is 19.4. The lowest BCUT2D eigenvalue weighted by atomic mass is 10.1. The normalized spacial score (nSPS) is 15.6.